The molecule has 108 valence electrons. The molecule has 1 aromatic carbocycles. The van der Waals surface area contributed by atoms with Crippen molar-refractivity contribution in [3.8, 4) is 5.75 Å². The first-order valence-corrected chi connectivity index (χ1v) is 6.86. The van der Waals surface area contributed by atoms with Gasteiger partial charge in [-0.3, -0.25) is 0 Å². The van der Waals surface area contributed by atoms with Gasteiger partial charge in [0.2, 0.25) is 0 Å². The summed E-state index contributed by atoms with van der Waals surface area (Å²) in [6, 6.07) is 10.1. The van der Waals surface area contributed by atoms with Crippen LogP contribution < -0.4 is 10.1 Å². The van der Waals surface area contributed by atoms with E-state index >= 15 is 0 Å². The number of aromatic nitrogens is 3. The van der Waals surface area contributed by atoms with Crippen molar-refractivity contribution < 1.29 is 4.74 Å². The first-order chi connectivity index (χ1) is 10.2. The number of benzene rings is 1. The van der Waals surface area contributed by atoms with Crippen LogP contribution in [-0.2, 0) is 6.54 Å². The Labute approximate surface area is 123 Å². The summed E-state index contributed by atoms with van der Waals surface area (Å²) in [7, 11) is 1.67. The molecule has 2 aromatic heterocycles. The molecule has 0 spiro atoms. The van der Waals surface area contributed by atoms with Crippen LogP contribution in [0.25, 0.3) is 11.0 Å². The Balaban J connectivity index is 1.83. The number of nitrogens with one attached hydrogen (secondary N) is 2. The van der Waals surface area contributed by atoms with E-state index in [0.29, 0.717) is 6.54 Å². The predicted molar refractivity (Wildman–Crippen MR) is 83.7 cm³/mol. The summed E-state index contributed by atoms with van der Waals surface area (Å²) in [5.74, 6) is 2.47. The average molecular weight is 282 g/mol. The largest absolute Gasteiger partial charge is 0.497 e. The molecule has 0 aliphatic heterocycles. The fraction of sp³-hybridized carbons (Fsp3) is 0.250. The highest BCUT2D eigenvalue weighted by atomic mass is 16.5. The molecule has 0 unspecified atom stereocenters. The zero-order chi connectivity index (χ0) is 14.8. The number of fused-ring (bicyclic) bond motifs is 1. The molecule has 21 heavy (non-hydrogen) atoms. The van der Waals surface area contributed by atoms with Gasteiger partial charge in [-0.25, -0.2) is 9.97 Å². The Bertz CT molecular complexity index is 762. The van der Waals surface area contributed by atoms with E-state index in [0.717, 1.165) is 34.1 Å². The van der Waals surface area contributed by atoms with Crippen LogP contribution >= 0.6 is 0 Å². The standard InChI is InChI=1S/C16H18N4O/c1-10-8-14-15(19-11(2)20-16(14)18-10)17-9-12-4-6-13(21-3)7-5-12/h4-8H,9H2,1-3H3,(H2,17,18,19,20). The second kappa shape index (κ2) is 5.44. The third kappa shape index (κ3) is 2.81. The van der Waals surface area contributed by atoms with Crippen molar-refractivity contribution in [3.05, 3.63) is 47.4 Å². The van der Waals surface area contributed by atoms with Gasteiger partial charge in [0.15, 0.2) is 0 Å². The first-order valence-electron chi connectivity index (χ1n) is 6.86. The van der Waals surface area contributed by atoms with E-state index in [4.69, 9.17) is 4.74 Å². The third-order valence-electron chi connectivity index (χ3n) is 3.35. The molecule has 0 bridgehead atoms. The van der Waals surface area contributed by atoms with Gasteiger partial charge < -0.3 is 15.0 Å². The minimum absolute atomic E-state index is 0.708. The monoisotopic (exact) mass is 282 g/mol. The van der Waals surface area contributed by atoms with Crippen LogP contribution in [0, 0.1) is 13.8 Å². The fourth-order valence-corrected chi connectivity index (χ4v) is 2.32. The van der Waals surface area contributed by atoms with Gasteiger partial charge in [-0.15, -0.1) is 0 Å². The average Bonchev–Trinajstić information content (AvgIpc) is 2.85. The Hall–Kier alpha value is -2.56. The zero-order valence-corrected chi connectivity index (χ0v) is 12.4. The lowest BCUT2D eigenvalue weighted by Gasteiger charge is -2.08. The Kier molecular flexibility index (Phi) is 3.48. The number of aryl methyl sites for hydroxylation is 2. The highest BCUT2D eigenvalue weighted by molar-refractivity contribution is 5.87. The summed E-state index contributed by atoms with van der Waals surface area (Å²) in [5.41, 5.74) is 3.13. The quantitative estimate of drug-likeness (QED) is 0.771. The molecule has 3 aromatic rings. The van der Waals surface area contributed by atoms with Gasteiger partial charge in [-0.05, 0) is 37.6 Å². The third-order valence-corrected chi connectivity index (χ3v) is 3.35. The van der Waals surface area contributed by atoms with E-state index in [1.165, 1.54) is 5.56 Å². The van der Waals surface area contributed by atoms with Crippen molar-refractivity contribution in [1.82, 2.24) is 15.0 Å². The fourth-order valence-electron chi connectivity index (χ4n) is 2.32. The van der Waals surface area contributed by atoms with Crippen molar-refractivity contribution in [1.29, 1.82) is 0 Å². The van der Waals surface area contributed by atoms with Gasteiger partial charge in [-0.1, -0.05) is 12.1 Å². The first kappa shape index (κ1) is 13.4. The number of nitrogens with zero attached hydrogens (tertiary/aromatic N) is 2. The van der Waals surface area contributed by atoms with E-state index < -0.39 is 0 Å². The number of anilines is 1. The number of hydrogen-bond donors (Lipinski definition) is 2. The number of methoxy groups -OCH3 is 1. The molecule has 0 amide bonds. The number of H-pyrrole nitrogens is 1. The molecule has 0 aliphatic carbocycles. The molecule has 0 radical (unpaired) electrons. The van der Waals surface area contributed by atoms with Crippen molar-refractivity contribution in [2.24, 2.45) is 0 Å². The van der Waals surface area contributed by atoms with E-state index in [-0.39, 0.29) is 0 Å². The summed E-state index contributed by atoms with van der Waals surface area (Å²) in [6.07, 6.45) is 0. The highest BCUT2D eigenvalue weighted by Crippen LogP contribution is 2.22. The molecule has 5 heteroatoms. The van der Waals surface area contributed by atoms with Gasteiger partial charge in [0.25, 0.3) is 0 Å². The predicted octanol–water partition coefficient (Wildman–Crippen LogP) is 3.20. The van der Waals surface area contributed by atoms with Crippen molar-refractivity contribution >= 4 is 16.9 Å². The lowest BCUT2D eigenvalue weighted by atomic mass is 10.2. The Morgan fingerprint density at radius 3 is 2.62 bits per heavy atom. The molecule has 0 atom stereocenters. The van der Waals surface area contributed by atoms with Crippen molar-refractivity contribution in [2.75, 3.05) is 12.4 Å². The number of hydrogen-bond acceptors (Lipinski definition) is 4. The SMILES string of the molecule is COc1ccc(CNc2nc(C)nc3[nH]c(C)cc23)cc1. The van der Waals surface area contributed by atoms with E-state index in [2.05, 4.69) is 26.3 Å². The second-order valence-electron chi connectivity index (χ2n) is 5.04. The maximum absolute atomic E-state index is 5.16. The summed E-state index contributed by atoms with van der Waals surface area (Å²) in [6.45, 7) is 4.62. The topological polar surface area (TPSA) is 62.8 Å². The lowest BCUT2D eigenvalue weighted by molar-refractivity contribution is 0.414. The Morgan fingerprint density at radius 1 is 1.14 bits per heavy atom. The van der Waals surface area contributed by atoms with Crippen LogP contribution in [0.3, 0.4) is 0 Å². The molecule has 5 nitrogen and oxygen atoms in total. The number of rotatable bonds is 4. The number of aromatic amines is 1. The van der Waals surface area contributed by atoms with E-state index in [1.54, 1.807) is 7.11 Å². The van der Waals surface area contributed by atoms with Crippen LogP contribution in [0.5, 0.6) is 5.75 Å². The number of ether oxygens (including phenoxy) is 1. The van der Waals surface area contributed by atoms with Crippen LogP contribution in [0.4, 0.5) is 5.82 Å². The molecule has 0 aliphatic rings. The van der Waals surface area contributed by atoms with Gasteiger partial charge in [0.1, 0.15) is 23.0 Å². The van der Waals surface area contributed by atoms with Crippen LogP contribution in [-0.4, -0.2) is 22.1 Å². The molecule has 2 heterocycles. The normalized spacial score (nSPS) is 10.8. The van der Waals surface area contributed by atoms with Crippen LogP contribution in [0.1, 0.15) is 17.1 Å². The molecule has 3 rings (SSSR count). The summed E-state index contributed by atoms with van der Waals surface area (Å²) in [4.78, 5) is 12.2. The molecule has 0 saturated carbocycles. The van der Waals surface area contributed by atoms with Gasteiger partial charge >= 0.3 is 0 Å². The molecular formula is C16H18N4O. The van der Waals surface area contributed by atoms with Gasteiger partial charge in [0.05, 0.1) is 12.5 Å². The Morgan fingerprint density at radius 2 is 1.90 bits per heavy atom. The van der Waals surface area contributed by atoms with Crippen LogP contribution in [0.15, 0.2) is 30.3 Å². The van der Waals surface area contributed by atoms with Crippen LogP contribution in [0.2, 0.25) is 0 Å². The molecule has 0 fully saturated rings. The van der Waals surface area contributed by atoms with E-state index in [1.807, 2.05) is 38.1 Å². The van der Waals surface area contributed by atoms with Crippen molar-refractivity contribution in [3.63, 3.8) is 0 Å². The summed E-state index contributed by atoms with van der Waals surface area (Å²) in [5, 5.41) is 4.40. The minimum Gasteiger partial charge on any atom is -0.497 e. The molecular weight excluding hydrogens is 264 g/mol. The maximum atomic E-state index is 5.16. The highest BCUT2D eigenvalue weighted by Gasteiger charge is 2.08. The summed E-state index contributed by atoms with van der Waals surface area (Å²) < 4.78 is 5.16. The molecule has 2 N–H and O–H groups in total. The molecule has 0 saturated heterocycles. The van der Waals surface area contributed by atoms with Crippen molar-refractivity contribution in [2.45, 2.75) is 20.4 Å². The summed E-state index contributed by atoms with van der Waals surface area (Å²) >= 11 is 0. The second-order valence-corrected chi connectivity index (χ2v) is 5.04. The maximum Gasteiger partial charge on any atom is 0.143 e. The lowest BCUT2D eigenvalue weighted by Crippen LogP contribution is -2.03. The zero-order valence-electron chi connectivity index (χ0n) is 12.4. The smallest absolute Gasteiger partial charge is 0.143 e. The van der Waals surface area contributed by atoms with E-state index in [9.17, 15) is 0 Å². The van der Waals surface area contributed by atoms with Gasteiger partial charge in [0, 0.05) is 12.2 Å². The minimum atomic E-state index is 0.708. The van der Waals surface area contributed by atoms with Gasteiger partial charge in [-0.2, -0.15) is 0 Å².